The molecule has 1 atom stereocenters. The highest BCUT2D eigenvalue weighted by atomic mass is 79.9. The van der Waals surface area contributed by atoms with Crippen LogP contribution in [0.4, 0.5) is 5.69 Å². The highest BCUT2D eigenvalue weighted by Gasteiger charge is 2.32. The molecule has 0 saturated carbocycles. The van der Waals surface area contributed by atoms with Crippen LogP contribution in [0.15, 0.2) is 77.3 Å². The van der Waals surface area contributed by atoms with Gasteiger partial charge in [0.1, 0.15) is 6.04 Å². The Labute approximate surface area is 259 Å². The summed E-state index contributed by atoms with van der Waals surface area (Å²) in [6.07, 6.45) is 1.91. The number of nitrogens with zero attached hydrogens (tertiary/aromatic N) is 2. The van der Waals surface area contributed by atoms with Crippen molar-refractivity contribution < 1.29 is 18.0 Å². The minimum Gasteiger partial charge on any atom is -0.350 e. The maximum absolute atomic E-state index is 14.0. The molecule has 2 amide bonds. The standard InChI is InChI=1S/C33H42BrN3O4S/c1-24-13-10-18-29(25(24)2)37(42(6,40)41)20-12-19-31(38)36(23-27-16-11-17-28(34)21-27)30(32(39)35-33(3,4)5)22-26-14-8-7-9-15-26/h7-11,13-18,21,30H,12,19-20,22-23H2,1-6H3,(H,35,39). The molecular weight excluding hydrogens is 614 g/mol. The molecule has 0 aliphatic rings. The van der Waals surface area contributed by atoms with Crippen molar-refractivity contribution in [3.8, 4) is 0 Å². The number of hydrogen-bond acceptors (Lipinski definition) is 4. The van der Waals surface area contributed by atoms with Crippen LogP contribution < -0.4 is 9.62 Å². The smallest absolute Gasteiger partial charge is 0.243 e. The summed E-state index contributed by atoms with van der Waals surface area (Å²) in [5.41, 5.74) is 3.82. The summed E-state index contributed by atoms with van der Waals surface area (Å²) in [4.78, 5) is 29.4. The quantitative estimate of drug-likeness (QED) is 0.253. The molecule has 1 unspecified atom stereocenters. The number of rotatable bonds is 12. The van der Waals surface area contributed by atoms with Gasteiger partial charge in [0.25, 0.3) is 0 Å². The number of sulfonamides is 1. The average molecular weight is 657 g/mol. The Morgan fingerprint density at radius 3 is 2.19 bits per heavy atom. The summed E-state index contributed by atoms with van der Waals surface area (Å²) < 4.78 is 27.8. The number of aryl methyl sites for hydroxylation is 1. The molecule has 0 aromatic heterocycles. The second-order valence-corrected chi connectivity index (χ2v) is 14.6. The third-order valence-electron chi connectivity index (χ3n) is 7.01. The Balaban J connectivity index is 1.92. The Bertz CT molecular complexity index is 1490. The first-order valence-electron chi connectivity index (χ1n) is 14.1. The second-order valence-electron chi connectivity index (χ2n) is 11.8. The van der Waals surface area contributed by atoms with Gasteiger partial charge in [0.15, 0.2) is 0 Å². The van der Waals surface area contributed by atoms with Crippen LogP contribution in [0.2, 0.25) is 0 Å². The van der Waals surface area contributed by atoms with Crippen LogP contribution >= 0.6 is 15.9 Å². The van der Waals surface area contributed by atoms with Gasteiger partial charge < -0.3 is 10.2 Å². The van der Waals surface area contributed by atoms with E-state index in [0.717, 1.165) is 26.7 Å². The topological polar surface area (TPSA) is 86.8 Å². The van der Waals surface area contributed by atoms with Crippen molar-refractivity contribution in [3.05, 3.63) is 99.5 Å². The first-order valence-corrected chi connectivity index (χ1v) is 16.7. The lowest BCUT2D eigenvalue weighted by atomic mass is 10.00. The third kappa shape index (κ3) is 9.70. The monoisotopic (exact) mass is 655 g/mol. The van der Waals surface area contributed by atoms with Gasteiger partial charge in [-0.25, -0.2) is 8.42 Å². The number of benzene rings is 3. The van der Waals surface area contributed by atoms with Crippen molar-refractivity contribution in [3.63, 3.8) is 0 Å². The number of carbonyl (C=O) groups excluding carboxylic acids is 2. The van der Waals surface area contributed by atoms with E-state index >= 15 is 0 Å². The zero-order valence-electron chi connectivity index (χ0n) is 25.4. The zero-order chi connectivity index (χ0) is 31.1. The van der Waals surface area contributed by atoms with Crippen molar-refractivity contribution in [2.75, 3.05) is 17.1 Å². The van der Waals surface area contributed by atoms with E-state index in [1.807, 2.05) is 101 Å². The molecule has 9 heteroatoms. The summed E-state index contributed by atoms with van der Waals surface area (Å²) in [6, 6.07) is 22.1. The molecule has 7 nitrogen and oxygen atoms in total. The molecule has 0 fully saturated rings. The van der Waals surface area contributed by atoms with Crippen LogP contribution in [-0.2, 0) is 32.6 Å². The molecule has 0 aliphatic carbocycles. The highest BCUT2D eigenvalue weighted by Crippen LogP contribution is 2.26. The van der Waals surface area contributed by atoms with Gasteiger partial charge in [-0.1, -0.05) is 70.5 Å². The van der Waals surface area contributed by atoms with E-state index in [0.29, 0.717) is 18.5 Å². The van der Waals surface area contributed by atoms with Crippen LogP contribution in [0.3, 0.4) is 0 Å². The lowest BCUT2D eigenvalue weighted by Gasteiger charge is -2.34. The van der Waals surface area contributed by atoms with Gasteiger partial charge in [0, 0.05) is 35.9 Å². The fraction of sp³-hybridized carbons (Fsp3) is 0.394. The predicted molar refractivity (Wildman–Crippen MR) is 174 cm³/mol. The molecule has 3 aromatic carbocycles. The molecule has 3 rings (SSSR count). The molecule has 42 heavy (non-hydrogen) atoms. The molecule has 0 radical (unpaired) electrons. The summed E-state index contributed by atoms with van der Waals surface area (Å²) in [5.74, 6) is -0.447. The predicted octanol–water partition coefficient (Wildman–Crippen LogP) is 6.17. The number of hydrogen-bond donors (Lipinski definition) is 1. The van der Waals surface area contributed by atoms with Crippen molar-refractivity contribution >= 4 is 43.5 Å². The Morgan fingerprint density at radius 2 is 1.57 bits per heavy atom. The van der Waals surface area contributed by atoms with Gasteiger partial charge in [-0.15, -0.1) is 0 Å². The van der Waals surface area contributed by atoms with E-state index in [4.69, 9.17) is 0 Å². The van der Waals surface area contributed by atoms with E-state index in [1.165, 1.54) is 10.6 Å². The SMILES string of the molecule is Cc1cccc(N(CCCC(=O)N(Cc2cccc(Br)c2)C(Cc2ccccc2)C(=O)NC(C)(C)C)S(C)(=O)=O)c1C. The van der Waals surface area contributed by atoms with Gasteiger partial charge in [-0.3, -0.25) is 13.9 Å². The summed E-state index contributed by atoms with van der Waals surface area (Å²) >= 11 is 3.51. The van der Waals surface area contributed by atoms with Crippen LogP contribution in [-0.4, -0.2) is 49.5 Å². The molecule has 0 heterocycles. The summed E-state index contributed by atoms with van der Waals surface area (Å²) in [7, 11) is -3.58. The number of nitrogens with one attached hydrogen (secondary N) is 1. The lowest BCUT2D eigenvalue weighted by Crippen LogP contribution is -2.54. The van der Waals surface area contributed by atoms with Crippen molar-refractivity contribution in [1.29, 1.82) is 0 Å². The Kier molecular flexibility index (Phi) is 11.4. The molecular formula is C33H42BrN3O4S. The fourth-order valence-corrected chi connectivity index (χ4v) is 6.29. The fourth-order valence-electron chi connectivity index (χ4n) is 4.83. The number of carbonyl (C=O) groups is 2. The maximum Gasteiger partial charge on any atom is 0.243 e. The van der Waals surface area contributed by atoms with Crippen LogP contribution in [0.5, 0.6) is 0 Å². The molecule has 0 bridgehead atoms. The van der Waals surface area contributed by atoms with Crippen molar-refractivity contribution in [2.24, 2.45) is 0 Å². The summed E-state index contributed by atoms with van der Waals surface area (Å²) in [6.45, 7) is 9.97. The van der Waals surface area contributed by atoms with Gasteiger partial charge in [0.05, 0.1) is 11.9 Å². The normalized spacial score (nSPS) is 12.5. The highest BCUT2D eigenvalue weighted by molar-refractivity contribution is 9.10. The zero-order valence-corrected chi connectivity index (χ0v) is 27.8. The largest absolute Gasteiger partial charge is 0.350 e. The van der Waals surface area contributed by atoms with Crippen molar-refractivity contribution in [2.45, 2.75) is 72.0 Å². The number of anilines is 1. The molecule has 0 aliphatic heterocycles. The molecule has 226 valence electrons. The van der Waals surface area contributed by atoms with E-state index in [9.17, 15) is 18.0 Å². The average Bonchev–Trinajstić information content (AvgIpc) is 2.89. The minimum atomic E-state index is -3.58. The minimum absolute atomic E-state index is 0.0823. The molecule has 0 spiro atoms. The Hall–Kier alpha value is -3.17. The molecule has 1 N–H and O–H groups in total. The third-order valence-corrected chi connectivity index (χ3v) is 8.68. The number of amides is 2. The van der Waals surface area contributed by atoms with Crippen LogP contribution in [0.1, 0.15) is 55.9 Å². The van der Waals surface area contributed by atoms with Gasteiger partial charge in [0.2, 0.25) is 21.8 Å². The number of halogens is 1. The first kappa shape index (κ1) is 33.3. The van der Waals surface area contributed by atoms with Crippen molar-refractivity contribution in [1.82, 2.24) is 10.2 Å². The maximum atomic E-state index is 14.0. The van der Waals surface area contributed by atoms with Crippen LogP contribution in [0.25, 0.3) is 0 Å². The first-order chi connectivity index (χ1) is 19.7. The van der Waals surface area contributed by atoms with Crippen LogP contribution in [0, 0.1) is 13.8 Å². The lowest BCUT2D eigenvalue weighted by molar-refractivity contribution is -0.142. The van der Waals surface area contributed by atoms with E-state index in [-0.39, 0.29) is 31.3 Å². The van der Waals surface area contributed by atoms with E-state index < -0.39 is 21.6 Å². The van der Waals surface area contributed by atoms with Gasteiger partial charge in [-0.2, -0.15) is 0 Å². The molecule has 0 saturated heterocycles. The van der Waals surface area contributed by atoms with E-state index in [2.05, 4.69) is 21.2 Å². The summed E-state index contributed by atoms with van der Waals surface area (Å²) in [5, 5.41) is 3.07. The van der Waals surface area contributed by atoms with E-state index in [1.54, 1.807) is 11.0 Å². The second kappa shape index (κ2) is 14.3. The Morgan fingerprint density at radius 1 is 0.929 bits per heavy atom. The van der Waals surface area contributed by atoms with Gasteiger partial charge >= 0.3 is 0 Å². The van der Waals surface area contributed by atoms with Gasteiger partial charge in [-0.05, 0) is 81.5 Å². The molecule has 3 aromatic rings.